The van der Waals surface area contributed by atoms with Crippen LogP contribution in [0.25, 0.3) is 10.8 Å². The van der Waals surface area contributed by atoms with Crippen molar-refractivity contribution in [1.29, 1.82) is 0 Å². The molecule has 0 saturated heterocycles. The fourth-order valence-corrected chi connectivity index (χ4v) is 3.57. The fourth-order valence-electron chi connectivity index (χ4n) is 3.57. The highest BCUT2D eigenvalue weighted by atomic mass is 19.4. The Labute approximate surface area is 201 Å². The van der Waals surface area contributed by atoms with Crippen LogP contribution >= 0.6 is 0 Å². The van der Waals surface area contributed by atoms with E-state index in [1.807, 2.05) is 24.3 Å². The third kappa shape index (κ3) is 7.15. The predicted molar refractivity (Wildman–Crippen MR) is 126 cm³/mol. The van der Waals surface area contributed by atoms with E-state index in [1.165, 1.54) is 6.92 Å². The van der Waals surface area contributed by atoms with Crippen LogP contribution in [0.2, 0.25) is 0 Å². The van der Waals surface area contributed by atoms with E-state index in [0.717, 1.165) is 10.8 Å². The molecule has 0 spiro atoms. The molecule has 0 aliphatic heterocycles. The van der Waals surface area contributed by atoms with Gasteiger partial charge in [-0.3, -0.25) is 9.59 Å². The molecule has 0 unspecified atom stereocenters. The number of nitrogens with zero attached hydrogens (tertiary/aromatic N) is 1. The normalized spacial score (nSPS) is 14.3. The molecule has 192 valence electrons. The van der Waals surface area contributed by atoms with Gasteiger partial charge in [-0.2, -0.15) is 18.2 Å². The van der Waals surface area contributed by atoms with Gasteiger partial charge in [0.25, 0.3) is 11.8 Å². The topological polar surface area (TPSA) is 128 Å². The molecule has 8 nitrogen and oxygen atoms in total. The lowest BCUT2D eigenvalue weighted by Gasteiger charge is -2.39. The van der Waals surface area contributed by atoms with Crippen molar-refractivity contribution in [3.63, 3.8) is 0 Å². The Morgan fingerprint density at radius 3 is 2.29 bits per heavy atom. The number of nitrogens with one attached hydrogen (secondary N) is 1. The maximum atomic E-state index is 13.4. The number of carbonyl (C=O) groups excluding carboxylic acids is 3. The molecule has 2 rings (SSSR count). The van der Waals surface area contributed by atoms with E-state index in [-0.39, 0.29) is 36.8 Å². The van der Waals surface area contributed by atoms with Crippen molar-refractivity contribution in [1.82, 2.24) is 5.06 Å². The first-order valence-electron chi connectivity index (χ1n) is 11.2. The molecule has 0 bridgehead atoms. The second kappa shape index (κ2) is 11.5. The molecule has 0 aliphatic rings. The SMILES string of the molecule is CC(C)C[C@H](N)C(=O)N(OC(=O)C(F)(F)F)[C@@](C)(CCCN)C(=O)Nc1ccc2ccccc2c1. The summed E-state index contributed by atoms with van der Waals surface area (Å²) in [5.41, 5.74) is 9.81. The summed E-state index contributed by atoms with van der Waals surface area (Å²) >= 11 is 0. The summed E-state index contributed by atoms with van der Waals surface area (Å²) in [6.45, 7) is 4.81. The first-order valence-corrected chi connectivity index (χ1v) is 11.2. The zero-order chi connectivity index (χ0) is 26.4. The summed E-state index contributed by atoms with van der Waals surface area (Å²) < 4.78 is 39.2. The number of hydroxylamine groups is 2. The monoisotopic (exact) mass is 496 g/mol. The summed E-state index contributed by atoms with van der Waals surface area (Å²) in [5.74, 6) is -4.71. The largest absolute Gasteiger partial charge is 0.493 e. The van der Waals surface area contributed by atoms with Gasteiger partial charge in [0, 0.05) is 5.69 Å². The number of nitrogens with two attached hydrogens (primary N) is 2. The molecule has 0 heterocycles. The van der Waals surface area contributed by atoms with Crippen LogP contribution in [-0.4, -0.2) is 47.1 Å². The van der Waals surface area contributed by atoms with Crippen LogP contribution in [0.1, 0.15) is 40.0 Å². The average Bonchev–Trinajstić information content (AvgIpc) is 2.79. The molecular formula is C24H31F3N4O4. The average molecular weight is 497 g/mol. The molecular weight excluding hydrogens is 465 g/mol. The standard InChI is InChI=1S/C24H31F3N4O4/c1-15(2)13-19(29)20(32)31(35-22(34)24(25,26)27)23(3,11-6-12-28)21(33)30-18-10-9-16-7-4-5-8-17(16)14-18/h4-5,7-10,14-15,19H,6,11-13,28-29H2,1-3H3,(H,30,33)/t19-,23-/m0/s1. The van der Waals surface area contributed by atoms with Gasteiger partial charge in [0.2, 0.25) is 0 Å². The zero-order valence-electron chi connectivity index (χ0n) is 19.9. The maximum Gasteiger partial charge on any atom is 0.493 e. The Balaban J connectivity index is 2.47. The van der Waals surface area contributed by atoms with E-state index in [4.69, 9.17) is 11.5 Å². The molecule has 11 heteroatoms. The number of rotatable bonds is 9. The molecule has 0 radical (unpaired) electrons. The number of fused-ring (bicyclic) bond motifs is 1. The first kappa shape index (κ1) is 28.1. The molecule has 2 atom stereocenters. The van der Waals surface area contributed by atoms with E-state index in [0.29, 0.717) is 5.69 Å². The van der Waals surface area contributed by atoms with E-state index in [9.17, 15) is 27.6 Å². The van der Waals surface area contributed by atoms with Gasteiger partial charge >= 0.3 is 12.1 Å². The van der Waals surface area contributed by atoms with Gasteiger partial charge in [-0.1, -0.05) is 44.2 Å². The molecule has 0 aromatic heterocycles. The van der Waals surface area contributed by atoms with Gasteiger partial charge in [0.15, 0.2) is 5.54 Å². The van der Waals surface area contributed by atoms with Gasteiger partial charge in [0.1, 0.15) is 0 Å². The van der Waals surface area contributed by atoms with Crippen molar-refractivity contribution in [2.45, 2.75) is 57.8 Å². The Hall–Kier alpha value is -3.18. The van der Waals surface area contributed by atoms with Crippen molar-refractivity contribution < 1.29 is 32.4 Å². The van der Waals surface area contributed by atoms with Crippen molar-refractivity contribution in [3.8, 4) is 0 Å². The lowest BCUT2D eigenvalue weighted by molar-refractivity contribution is -0.252. The molecule has 0 saturated carbocycles. The summed E-state index contributed by atoms with van der Waals surface area (Å²) in [7, 11) is 0. The van der Waals surface area contributed by atoms with E-state index in [2.05, 4.69) is 10.2 Å². The van der Waals surface area contributed by atoms with Crippen molar-refractivity contribution >= 4 is 34.2 Å². The molecule has 35 heavy (non-hydrogen) atoms. The molecule has 2 aromatic rings. The number of benzene rings is 2. The van der Waals surface area contributed by atoms with Gasteiger partial charge in [-0.25, -0.2) is 4.79 Å². The van der Waals surface area contributed by atoms with Gasteiger partial charge in [0.05, 0.1) is 6.04 Å². The second-order valence-corrected chi connectivity index (χ2v) is 8.93. The highest BCUT2D eigenvalue weighted by Crippen LogP contribution is 2.29. The second-order valence-electron chi connectivity index (χ2n) is 8.93. The van der Waals surface area contributed by atoms with Gasteiger partial charge in [-0.05, 0) is 61.6 Å². The Morgan fingerprint density at radius 2 is 1.71 bits per heavy atom. The lowest BCUT2D eigenvalue weighted by atomic mass is 9.92. The Bertz CT molecular complexity index is 1060. The predicted octanol–water partition coefficient (Wildman–Crippen LogP) is 3.50. The van der Waals surface area contributed by atoms with Crippen LogP contribution in [0.3, 0.4) is 0 Å². The van der Waals surface area contributed by atoms with Crippen LogP contribution in [0.15, 0.2) is 42.5 Å². The highest BCUT2D eigenvalue weighted by molar-refractivity contribution is 6.02. The number of hydrogen-bond acceptors (Lipinski definition) is 6. The smallest absolute Gasteiger partial charge is 0.330 e. The van der Waals surface area contributed by atoms with Crippen LogP contribution in [0.5, 0.6) is 0 Å². The van der Waals surface area contributed by atoms with Crippen molar-refractivity contribution in [3.05, 3.63) is 42.5 Å². The van der Waals surface area contributed by atoms with Gasteiger partial charge in [-0.15, -0.1) is 0 Å². The van der Waals surface area contributed by atoms with Crippen LogP contribution in [-0.2, 0) is 19.2 Å². The maximum absolute atomic E-state index is 13.4. The molecule has 0 fully saturated rings. The summed E-state index contributed by atoms with van der Waals surface area (Å²) in [4.78, 5) is 42.8. The Morgan fingerprint density at radius 1 is 1.09 bits per heavy atom. The number of alkyl halides is 3. The molecule has 0 aliphatic carbocycles. The molecule has 2 aromatic carbocycles. The highest BCUT2D eigenvalue weighted by Gasteiger charge is 2.50. The lowest BCUT2D eigenvalue weighted by Crippen LogP contribution is -2.61. The minimum absolute atomic E-state index is 0.0755. The minimum atomic E-state index is -5.40. The Kier molecular flexibility index (Phi) is 9.22. The summed E-state index contributed by atoms with van der Waals surface area (Å²) in [5, 5.41) is 4.51. The van der Waals surface area contributed by atoms with Crippen LogP contribution in [0.4, 0.5) is 18.9 Å². The van der Waals surface area contributed by atoms with Crippen molar-refractivity contribution in [2.24, 2.45) is 17.4 Å². The number of carbonyl (C=O) groups is 3. The fraction of sp³-hybridized carbons (Fsp3) is 0.458. The van der Waals surface area contributed by atoms with E-state index < -0.39 is 35.5 Å². The van der Waals surface area contributed by atoms with E-state index in [1.54, 1.807) is 32.0 Å². The van der Waals surface area contributed by atoms with Crippen molar-refractivity contribution in [2.75, 3.05) is 11.9 Å². The number of hydrogen-bond donors (Lipinski definition) is 3. The number of amides is 2. The third-order valence-corrected chi connectivity index (χ3v) is 5.46. The molecule has 2 amide bonds. The summed E-state index contributed by atoms with van der Waals surface area (Å²) in [6.07, 6.45) is -5.34. The zero-order valence-corrected chi connectivity index (χ0v) is 19.9. The third-order valence-electron chi connectivity index (χ3n) is 5.46. The quantitative estimate of drug-likeness (QED) is 0.456. The molecule has 5 N–H and O–H groups in total. The van der Waals surface area contributed by atoms with Gasteiger partial charge < -0.3 is 21.6 Å². The summed E-state index contributed by atoms with van der Waals surface area (Å²) in [6, 6.07) is 11.1. The number of halogens is 3. The van der Waals surface area contributed by atoms with Crippen LogP contribution in [0, 0.1) is 5.92 Å². The minimum Gasteiger partial charge on any atom is -0.330 e. The first-order chi connectivity index (χ1) is 16.3. The number of anilines is 1. The van der Waals surface area contributed by atoms with E-state index >= 15 is 0 Å². The van der Waals surface area contributed by atoms with Crippen LogP contribution < -0.4 is 16.8 Å².